The third kappa shape index (κ3) is 7.37. The maximum absolute atomic E-state index is 12.7. The van der Waals surface area contributed by atoms with Crippen LogP contribution in [0, 0.1) is 0 Å². The minimum absolute atomic E-state index is 0.0744. The van der Waals surface area contributed by atoms with Crippen LogP contribution >= 0.6 is 7.82 Å². The normalized spacial score (nSPS) is 13.1. The van der Waals surface area contributed by atoms with E-state index in [1.807, 2.05) is 48.5 Å². The Labute approximate surface area is 199 Å². The van der Waals surface area contributed by atoms with Crippen molar-refractivity contribution in [2.24, 2.45) is 0 Å². The van der Waals surface area contributed by atoms with Gasteiger partial charge in [0.1, 0.15) is 5.75 Å². The smallest absolute Gasteiger partial charge is 0.472 e. The molecule has 0 radical (unpaired) electrons. The third-order valence-electron chi connectivity index (χ3n) is 5.06. The van der Waals surface area contributed by atoms with Crippen LogP contribution < -0.4 is 10.1 Å². The molecule has 1 amide bonds. The molecular weight excluding hydrogens is 455 g/mol. The van der Waals surface area contributed by atoms with Crippen molar-refractivity contribution in [1.29, 1.82) is 0 Å². The van der Waals surface area contributed by atoms with Gasteiger partial charge in [0.15, 0.2) is 0 Å². The fraction of sp³-hybridized carbons (Fsp3) is 0.360. The highest BCUT2D eigenvalue weighted by Gasteiger charge is 2.22. The van der Waals surface area contributed by atoms with Crippen LogP contribution in [0.15, 0.2) is 54.7 Å². The summed E-state index contributed by atoms with van der Waals surface area (Å²) in [6, 6.07) is 15.6. The van der Waals surface area contributed by atoms with Crippen LogP contribution in [0.4, 0.5) is 0 Å². The van der Waals surface area contributed by atoms with E-state index in [9.17, 15) is 14.3 Å². The number of nitrogens with zero attached hydrogens (tertiary/aromatic N) is 1. The first-order valence-corrected chi connectivity index (χ1v) is 12.7. The zero-order valence-electron chi connectivity index (χ0n) is 19.7. The maximum Gasteiger partial charge on any atom is 0.472 e. The fourth-order valence-corrected chi connectivity index (χ4v) is 4.54. The SMILES string of the molecule is COc1ccc2ncc(CC(=O)NCCCCOP(=O)(O)OC(C)C)c(-c3ccccc3)c2c1. The zero-order chi connectivity index (χ0) is 24.6. The summed E-state index contributed by atoms with van der Waals surface area (Å²) in [4.78, 5) is 26.8. The highest BCUT2D eigenvalue weighted by atomic mass is 31.2. The number of benzene rings is 2. The van der Waals surface area contributed by atoms with Crippen LogP contribution in [0.5, 0.6) is 5.75 Å². The van der Waals surface area contributed by atoms with Crippen LogP contribution in [0.3, 0.4) is 0 Å². The largest absolute Gasteiger partial charge is 0.497 e. The Morgan fingerprint density at radius 1 is 1.15 bits per heavy atom. The molecule has 0 aliphatic carbocycles. The van der Waals surface area contributed by atoms with E-state index in [1.54, 1.807) is 27.2 Å². The quantitative estimate of drug-likeness (QED) is 0.277. The van der Waals surface area contributed by atoms with E-state index in [4.69, 9.17) is 13.8 Å². The van der Waals surface area contributed by atoms with Gasteiger partial charge in [-0.3, -0.25) is 18.8 Å². The van der Waals surface area contributed by atoms with Crippen LogP contribution in [-0.2, 0) is 24.8 Å². The van der Waals surface area contributed by atoms with E-state index in [1.165, 1.54) is 0 Å². The van der Waals surface area contributed by atoms with Crippen molar-refractivity contribution in [3.63, 3.8) is 0 Å². The lowest BCUT2D eigenvalue weighted by Crippen LogP contribution is -2.26. The molecule has 9 heteroatoms. The van der Waals surface area contributed by atoms with Gasteiger partial charge in [0.05, 0.1) is 31.8 Å². The number of methoxy groups -OCH3 is 1. The first-order valence-electron chi connectivity index (χ1n) is 11.2. The van der Waals surface area contributed by atoms with Crippen molar-refractivity contribution < 1.29 is 28.0 Å². The maximum atomic E-state index is 12.7. The molecule has 8 nitrogen and oxygen atoms in total. The topological polar surface area (TPSA) is 107 Å². The van der Waals surface area contributed by atoms with Crippen molar-refractivity contribution >= 4 is 24.6 Å². The number of carbonyl (C=O) groups is 1. The van der Waals surface area contributed by atoms with Gasteiger partial charge in [-0.15, -0.1) is 0 Å². The molecule has 3 aromatic rings. The van der Waals surface area contributed by atoms with Gasteiger partial charge in [-0.2, -0.15) is 0 Å². The second kappa shape index (κ2) is 12.1. The molecule has 0 aliphatic heterocycles. The van der Waals surface area contributed by atoms with E-state index < -0.39 is 13.9 Å². The number of hydrogen-bond donors (Lipinski definition) is 2. The molecule has 0 bridgehead atoms. The van der Waals surface area contributed by atoms with Crippen LogP contribution in [-0.4, -0.2) is 42.1 Å². The number of aromatic nitrogens is 1. The average molecular weight is 487 g/mol. The Balaban J connectivity index is 1.63. The number of rotatable bonds is 12. The third-order valence-corrected chi connectivity index (χ3v) is 6.26. The van der Waals surface area contributed by atoms with Crippen LogP contribution in [0.2, 0.25) is 0 Å². The molecule has 0 saturated heterocycles. The lowest BCUT2D eigenvalue weighted by atomic mass is 9.94. The highest BCUT2D eigenvalue weighted by molar-refractivity contribution is 7.47. The van der Waals surface area contributed by atoms with E-state index in [2.05, 4.69) is 10.3 Å². The number of ether oxygens (including phenoxy) is 1. The molecule has 1 aromatic heterocycles. The van der Waals surface area contributed by atoms with Crippen molar-refractivity contribution in [1.82, 2.24) is 10.3 Å². The number of carbonyl (C=O) groups excluding carboxylic acids is 1. The van der Waals surface area contributed by atoms with Gasteiger partial charge in [-0.05, 0) is 61.6 Å². The summed E-state index contributed by atoms with van der Waals surface area (Å²) in [5.41, 5.74) is 3.60. The Kier molecular flexibility index (Phi) is 9.19. The summed E-state index contributed by atoms with van der Waals surface area (Å²) in [7, 11) is -2.41. The average Bonchev–Trinajstić information content (AvgIpc) is 2.80. The Morgan fingerprint density at radius 2 is 1.91 bits per heavy atom. The Hall–Kier alpha value is -2.77. The van der Waals surface area contributed by atoms with Gasteiger partial charge in [-0.25, -0.2) is 4.57 Å². The second-order valence-electron chi connectivity index (χ2n) is 8.10. The van der Waals surface area contributed by atoms with Crippen molar-refractivity contribution in [3.8, 4) is 16.9 Å². The second-order valence-corrected chi connectivity index (χ2v) is 9.50. The van der Waals surface area contributed by atoms with Gasteiger partial charge < -0.3 is 14.9 Å². The minimum Gasteiger partial charge on any atom is -0.497 e. The van der Waals surface area contributed by atoms with E-state index >= 15 is 0 Å². The first kappa shape index (κ1) is 25.8. The molecule has 0 spiro atoms. The van der Waals surface area contributed by atoms with Gasteiger partial charge in [0.2, 0.25) is 5.91 Å². The molecule has 2 N–H and O–H groups in total. The number of amides is 1. The molecule has 1 unspecified atom stereocenters. The van der Waals surface area contributed by atoms with Crippen molar-refractivity contribution in [2.45, 2.75) is 39.2 Å². The van der Waals surface area contributed by atoms with Gasteiger partial charge in [0, 0.05) is 18.1 Å². The zero-order valence-corrected chi connectivity index (χ0v) is 20.6. The fourth-order valence-electron chi connectivity index (χ4n) is 3.59. The van der Waals surface area contributed by atoms with E-state index in [0.717, 1.165) is 33.3 Å². The van der Waals surface area contributed by atoms with Crippen molar-refractivity contribution in [3.05, 3.63) is 60.3 Å². The molecule has 1 atom stereocenters. The number of pyridine rings is 1. The van der Waals surface area contributed by atoms with Gasteiger partial charge >= 0.3 is 7.82 Å². The first-order chi connectivity index (χ1) is 16.3. The van der Waals surface area contributed by atoms with Crippen molar-refractivity contribution in [2.75, 3.05) is 20.3 Å². The highest BCUT2D eigenvalue weighted by Crippen LogP contribution is 2.44. The predicted molar refractivity (Wildman–Crippen MR) is 132 cm³/mol. The van der Waals surface area contributed by atoms with Crippen LogP contribution in [0.25, 0.3) is 22.0 Å². The number of phosphoric acid groups is 1. The number of hydrogen-bond acceptors (Lipinski definition) is 6. The molecule has 182 valence electrons. The molecule has 0 fully saturated rings. The molecule has 3 rings (SSSR count). The Morgan fingerprint density at radius 3 is 2.62 bits per heavy atom. The number of nitrogens with one attached hydrogen (secondary N) is 1. The number of phosphoric ester groups is 1. The molecule has 0 saturated carbocycles. The molecule has 1 heterocycles. The van der Waals surface area contributed by atoms with E-state index in [0.29, 0.717) is 19.4 Å². The lowest BCUT2D eigenvalue weighted by Gasteiger charge is -2.15. The van der Waals surface area contributed by atoms with E-state index in [-0.39, 0.29) is 18.9 Å². The Bertz CT molecular complexity index is 1150. The summed E-state index contributed by atoms with van der Waals surface area (Å²) >= 11 is 0. The number of unbranched alkanes of at least 4 members (excludes halogenated alkanes) is 1. The summed E-state index contributed by atoms with van der Waals surface area (Å²) in [5.74, 6) is 0.597. The molecule has 2 aromatic carbocycles. The lowest BCUT2D eigenvalue weighted by molar-refractivity contribution is -0.120. The summed E-state index contributed by atoms with van der Waals surface area (Å²) in [6.45, 7) is 3.82. The summed E-state index contributed by atoms with van der Waals surface area (Å²) in [5, 5.41) is 3.82. The predicted octanol–water partition coefficient (Wildman–Crippen LogP) is 4.89. The molecule has 34 heavy (non-hydrogen) atoms. The molecule has 0 aliphatic rings. The minimum atomic E-state index is -4.03. The molecular formula is C25H31N2O6P. The summed E-state index contributed by atoms with van der Waals surface area (Å²) < 4.78 is 26.9. The summed E-state index contributed by atoms with van der Waals surface area (Å²) in [6.07, 6.45) is 2.64. The van der Waals surface area contributed by atoms with Gasteiger partial charge in [-0.1, -0.05) is 30.3 Å². The van der Waals surface area contributed by atoms with Gasteiger partial charge in [0.25, 0.3) is 0 Å². The number of fused-ring (bicyclic) bond motifs is 1. The standard InChI is InChI=1S/C25H31N2O6P/c1-18(2)33-34(29,30)32-14-8-7-13-26-24(28)15-20-17-27-23-12-11-21(31-3)16-22(23)25(20)19-9-5-4-6-10-19/h4-6,9-12,16-18H,7-8,13-15H2,1-3H3,(H,26,28)(H,29,30). The monoisotopic (exact) mass is 486 g/mol. The van der Waals surface area contributed by atoms with Crippen LogP contribution in [0.1, 0.15) is 32.3 Å².